The highest BCUT2D eigenvalue weighted by Crippen LogP contribution is 2.25. The average Bonchev–Trinajstić information content (AvgIpc) is 2.90. The topological polar surface area (TPSA) is 72.2 Å². The van der Waals surface area contributed by atoms with Crippen LogP contribution in [0.2, 0.25) is 0 Å². The maximum absolute atomic E-state index is 12.4. The van der Waals surface area contributed by atoms with Crippen LogP contribution in [0.4, 0.5) is 5.69 Å². The lowest BCUT2D eigenvalue weighted by molar-refractivity contribution is 0.501. The highest BCUT2D eigenvalue weighted by atomic mass is 32.2. The fourth-order valence-corrected chi connectivity index (χ4v) is 3.23. The van der Waals surface area contributed by atoms with Crippen molar-refractivity contribution in [2.75, 3.05) is 4.72 Å². The van der Waals surface area contributed by atoms with Gasteiger partial charge < -0.3 is 4.42 Å². The van der Waals surface area contributed by atoms with E-state index in [4.69, 9.17) is 4.42 Å². The summed E-state index contributed by atoms with van der Waals surface area (Å²) in [4.78, 5) is 4.60. The number of benzene rings is 2. The van der Waals surface area contributed by atoms with E-state index in [9.17, 15) is 8.42 Å². The van der Waals surface area contributed by atoms with Gasteiger partial charge in [0.15, 0.2) is 11.5 Å². The third kappa shape index (κ3) is 3.22. The number of rotatable bonds is 4. The predicted octanol–water partition coefficient (Wildman–Crippen LogP) is 4.06. The van der Waals surface area contributed by atoms with E-state index in [0.717, 1.165) is 5.56 Å². The van der Waals surface area contributed by atoms with Gasteiger partial charge in [-0.05, 0) is 31.2 Å². The fourth-order valence-electron chi connectivity index (χ4n) is 2.18. The van der Waals surface area contributed by atoms with Crippen LogP contribution >= 0.6 is 0 Å². The summed E-state index contributed by atoms with van der Waals surface area (Å²) < 4.78 is 33.0. The van der Waals surface area contributed by atoms with Gasteiger partial charge in [0.1, 0.15) is 5.52 Å². The Hall–Kier alpha value is -2.34. The van der Waals surface area contributed by atoms with Gasteiger partial charge in [0.2, 0.25) is 0 Å². The van der Waals surface area contributed by atoms with Crippen molar-refractivity contribution in [3.8, 4) is 0 Å². The molecule has 0 saturated carbocycles. The van der Waals surface area contributed by atoms with E-state index in [1.54, 1.807) is 42.5 Å². The maximum atomic E-state index is 12.4. The van der Waals surface area contributed by atoms with Gasteiger partial charge >= 0.3 is 0 Å². The number of anilines is 1. The minimum absolute atomic E-state index is 0.176. The Morgan fingerprint density at radius 1 is 1.09 bits per heavy atom. The van der Waals surface area contributed by atoms with E-state index >= 15 is 0 Å². The van der Waals surface area contributed by atoms with Gasteiger partial charge in [-0.25, -0.2) is 13.4 Å². The number of sulfonamides is 1. The van der Waals surface area contributed by atoms with Gasteiger partial charge in [-0.3, -0.25) is 4.72 Å². The monoisotopic (exact) mass is 330 g/mol. The van der Waals surface area contributed by atoms with E-state index in [1.165, 1.54) is 0 Å². The highest BCUT2D eigenvalue weighted by Gasteiger charge is 2.15. The molecule has 3 aromatic rings. The minimum atomic E-state index is -3.62. The third-order valence-electron chi connectivity index (χ3n) is 3.48. The number of aryl methyl sites for hydroxylation is 1. The lowest BCUT2D eigenvalue weighted by Gasteiger charge is -2.08. The summed E-state index contributed by atoms with van der Waals surface area (Å²) in [5, 5.41) is 0. The summed E-state index contributed by atoms with van der Waals surface area (Å²) in [6.07, 6.45) is 0. The summed E-state index contributed by atoms with van der Waals surface area (Å²) in [5.41, 5.74) is 2.74. The van der Waals surface area contributed by atoms with Crippen LogP contribution < -0.4 is 4.72 Å². The van der Waals surface area contributed by atoms with Crippen molar-refractivity contribution in [2.24, 2.45) is 0 Å². The molecule has 120 valence electrons. The molecule has 0 spiro atoms. The van der Waals surface area contributed by atoms with E-state index < -0.39 is 10.0 Å². The first-order valence-electron chi connectivity index (χ1n) is 7.35. The van der Waals surface area contributed by atoms with Crippen LogP contribution in [0, 0.1) is 6.92 Å². The van der Waals surface area contributed by atoms with Gasteiger partial charge in [0.25, 0.3) is 10.0 Å². The molecule has 1 N–H and O–H groups in total. The zero-order valence-corrected chi connectivity index (χ0v) is 14.0. The smallest absolute Gasteiger partial charge is 0.261 e. The van der Waals surface area contributed by atoms with Gasteiger partial charge in [0, 0.05) is 12.0 Å². The Morgan fingerprint density at radius 3 is 2.43 bits per heavy atom. The molecule has 2 aromatic carbocycles. The fraction of sp³-hybridized carbons (Fsp3) is 0.235. The number of hydrogen-bond donors (Lipinski definition) is 1. The van der Waals surface area contributed by atoms with Crippen LogP contribution in [0.15, 0.2) is 51.8 Å². The minimum Gasteiger partial charge on any atom is -0.440 e. The molecule has 5 nitrogen and oxygen atoms in total. The summed E-state index contributed by atoms with van der Waals surface area (Å²) in [6, 6.07) is 11.8. The summed E-state index contributed by atoms with van der Waals surface area (Å²) in [7, 11) is -3.62. The Morgan fingerprint density at radius 2 is 1.78 bits per heavy atom. The summed E-state index contributed by atoms with van der Waals surface area (Å²) in [6.45, 7) is 5.89. The molecule has 23 heavy (non-hydrogen) atoms. The van der Waals surface area contributed by atoms with E-state index in [0.29, 0.717) is 22.7 Å². The molecular formula is C17H18N2O3S. The molecule has 0 fully saturated rings. The predicted molar refractivity (Wildman–Crippen MR) is 90.1 cm³/mol. The van der Waals surface area contributed by atoms with E-state index in [-0.39, 0.29) is 10.8 Å². The standard InChI is InChI=1S/C17H18N2O3S/c1-11(2)17-18-15-9-6-13(10-16(15)22-17)19-23(20,21)14-7-4-12(3)5-8-14/h4-11,19H,1-3H3. The highest BCUT2D eigenvalue weighted by molar-refractivity contribution is 7.92. The SMILES string of the molecule is Cc1ccc(S(=O)(=O)Nc2ccc3nc(C(C)C)oc3c2)cc1. The van der Waals surface area contributed by atoms with Crippen molar-refractivity contribution in [1.29, 1.82) is 0 Å². The quantitative estimate of drug-likeness (QED) is 0.783. The second-order valence-corrected chi connectivity index (χ2v) is 7.49. The number of nitrogens with zero attached hydrogens (tertiary/aromatic N) is 1. The van der Waals surface area contributed by atoms with Crippen molar-refractivity contribution >= 4 is 26.8 Å². The van der Waals surface area contributed by atoms with Crippen molar-refractivity contribution < 1.29 is 12.8 Å². The zero-order chi connectivity index (χ0) is 16.6. The first kappa shape index (κ1) is 15.6. The molecule has 1 aromatic heterocycles. The summed E-state index contributed by atoms with van der Waals surface area (Å²) in [5.74, 6) is 0.814. The molecular weight excluding hydrogens is 312 g/mol. The first-order chi connectivity index (χ1) is 10.8. The number of oxazole rings is 1. The second kappa shape index (κ2) is 5.70. The van der Waals surface area contributed by atoms with Gasteiger partial charge in [-0.2, -0.15) is 0 Å². The Labute approximate surface area is 135 Å². The molecule has 3 rings (SSSR count). The lowest BCUT2D eigenvalue weighted by atomic mass is 10.2. The molecule has 0 aliphatic carbocycles. The molecule has 6 heteroatoms. The number of aromatic nitrogens is 1. The number of nitrogens with one attached hydrogen (secondary N) is 1. The van der Waals surface area contributed by atoms with Crippen molar-refractivity contribution in [3.05, 3.63) is 53.9 Å². The normalized spacial score (nSPS) is 12.0. The van der Waals surface area contributed by atoms with Gasteiger partial charge in [-0.1, -0.05) is 31.5 Å². The van der Waals surface area contributed by atoms with Gasteiger partial charge in [-0.15, -0.1) is 0 Å². The molecule has 0 saturated heterocycles. The van der Waals surface area contributed by atoms with E-state index in [1.807, 2.05) is 20.8 Å². The Kier molecular flexibility index (Phi) is 3.85. The van der Waals surface area contributed by atoms with E-state index in [2.05, 4.69) is 9.71 Å². The summed E-state index contributed by atoms with van der Waals surface area (Å²) >= 11 is 0. The number of fused-ring (bicyclic) bond motifs is 1. The van der Waals surface area contributed by atoms with Crippen molar-refractivity contribution in [2.45, 2.75) is 31.6 Å². The molecule has 0 unspecified atom stereocenters. The third-order valence-corrected chi connectivity index (χ3v) is 4.88. The number of hydrogen-bond acceptors (Lipinski definition) is 4. The van der Waals surface area contributed by atoms with Crippen LogP contribution in [-0.4, -0.2) is 13.4 Å². The molecule has 1 heterocycles. The molecule has 0 amide bonds. The van der Waals surface area contributed by atoms with Gasteiger partial charge in [0.05, 0.1) is 10.6 Å². The molecule has 0 aliphatic rings. The lowest BCUT2D eigenvalue weighted by Crippen LogP contribution is -2.12. The van der Waals surface area contributed by atoms with Crippen molar-refractivity contribution in [3.63, 3.8) is 0 Å². The van der Waals surface area contributed by atoms with Crippen LogP contribution in [0.25, 0.3) is 11.1 Å². The molecule has 0 atom stereocenters. The molecule has 0 radical (unpaired) electrons. The molecule has 0 bridgehead atoms. The zero-order valence-electron chi connectivity index (χ0n) is 13.2. The Balaban J connectivity index is 1.92. The average molecular weight is 330 g/mol. The largest absolute Gasteiger partial charge is 0.440 e. The van der Waals surface area contributed by atoms with Crippen LogP contribution in [0.1, 0.15) is 31.2 Å². The van der Waals surface area contributed by atoms with Crippen LogP contribution in [0.5, 0.6) is 0 Å². The van der Waals surface area contributed by atoms with Crippen LogP contribution in [-0.2, 0) is 10.0 Å². The van der Waals surface area contributed by atoms with Crippen molar-refractivity contribution in [1.82, 2.24) is 4.98 Å². The molecule has 0 aliphatic heterocycles. The first-order valence-corrected chi connectivity index (χ1v) is 8.83. The van der Waals surface area contributed by atoms with Crippen LogP contribution in [0.3, 0.4) is 0 Å². The second-order valence-electron chi connectivity index (χ2n) is 5.81. The Bertz CT molecular complexity index is 942. The maximum Gasteiger partial charge on any atom is 0.261 e.